The summed E-state index contributed by atoms with van der Waals surface area (Å²) in [6, 6.07) is 4.51. The molecule has 0 aliphatic heterocycles. The van der Waals surface area contributed by atoms with Gasteiger partial charge in [-0.15, -0.1) is 0 Å². The monoisotopic (exact) mass is 451 g/mol. The van der Waals surface area contributed by atoms with Crippen molar-refractivity contribution >= 4 is 23.2 Å². The van der Waals surface area contributed by atoms with Gasteiger partial charge in [0.2, 0.25) is 0 Å². The van der Waals surface area contributed by atoms with E-state index in [4.69, 9.17) is 21.1 Å². The van der Waals surface area contributed by atoms with Gasteiger partial charge in [0.25, 0.3) is 5.91 Å². The number of allylic oxidation sites excluding steroid dienone is 7. The minimum absolute atomic E-state index is 0.0301. The Hall–Kier alpha value is -3.19. The number of hydrogen-bond acceptors (Lipinski definition) is 3. The van der Waals surface area contributed by atoms with Gasteiger partial charge in [0.15, 0.2) is 0 Å². The molecule has 0 unspecified atom stereocenters. The molecule has 1 aliphatic carbocycles. The highest BCUT2D eigenvalue weighted by molar-refractivity contribution is 6.32. The maximum Gasteiger partial charge on any atom is 0.416 e. The molecule has 0 atom stereocenters. The van der Waals surface area contributed by atoms with Crippen LogP contribution in [0.15, 0.2) is 90.0 Å². The summed E-state index contributed by atoms with van der Waals surface area (Å²) in [6.45, 7) is 4.86. The smallest absolute Gasteiger partial charge is 0.416 e. The lowest BCUT2D eigenvalue weighted by atomic mass is 10.2. The minimum Gasteiger partial charge on any atom is -0.501 e. The number of anilines is 1. The van der Waals surface area contributed by atoms with Crippen LogP contribution < -0.4 is 10.1 Å². The number of alkyl halides is 3. The summed E-state index contributed by atoms with van der Waals surface area (Å²) in [4.78, 5) is 12.5. The molecule has 31 heavy (non-hydrogen) atoms. The normalized spacial score (nSPS) is 14.6. The number of rotatable bonds is 7. The zero-order valence-corrected chi connectivity index (χ0v) is 17.7. The SMILES string of the molecule is C=C(/C=C\C(=C/C)C(F)(F)F)Oc1ccc(NC(=O)C2=CCC(OC)=CC=C2)cc1Cl. The average Bonchev–Trinajstić information content (AvgIpc) is 2.95. The Labute approximate surface area is 183 Å². The number of amides is 1. The van der Waals surface area contributed by atoms with Crippen LogP contribution in [0.5, 0.6) is 5.75 Å². The van der Waals surface area contributed by atoms with E-state index in [-0.39, 0.29) is 22.4 Å². The van der Waals surface area contributed by atoms with E-state index < -0.39 is 11.7 Å². The Kier molecular flexibility index (Phi) is 8.33. The van der Waals surface area contributed by atoms with Crippen molar-refractivity contribution in [3.8, 4) is 5.75 Å². The van der Waals surface area contributed by atoms with E-state index in [0.717, 1.165) is 24.0 Å². The highest BCUT2D eigenvalue weighted by atomic mass is 35.5. The number of ether oxygens (including phenoxy) is 2. The van der Waals surface area contributed by atoms with E-state index in [1.165, 1.54) is 19.1 Å². The van der Waals surface area contributed by atoms with Crippen molar-refractivity contribution in [2.45, 2.75) is 19.5 Å². The second kappa shape index (κ2) is 10.7. The predicted octanol–water partition coefficient (Wildman–Crippen LogP) is 6.65. The molecule has 8 heteroatoms. The maximum absolute atomic E-state index is 12.7. The molecule has 2 rings (SSSR count). The van der Waals surface area contributed by atoms with Crippen LogP contribution >= 0.6 is 11.6 Å². The van der Waals surface area contributed by atoms with Crippen molar-refractivity contribution in [2.75, 3.05) is 12.4 Å². The summed E-state index contributed by atoms with van der Waals surface area (Å²) in [5.41, 5.74) is 0.0639. The van der Waals surface area contributed by atoms with Gasteiger partial charge in [0.1, 0.15) is 11.5 Å². The average molecular weight is 452 g/mol. The van der Waals surface area contributed by atoms with Crippen molar-refractivity contribution in [1.29, 1.82) is 0 Å². The van der Waals surface area contributed by atoms with Crippen molar-refractivity contribution in [3.05, 3.63) is 95.0 Å². The number of benzene rings is 1. The van der Waals surface area contributed by atoms with Crippen molar-refractivity contribution in [2.24, 2.45) is 0 Å². The lowest BCUT2D eigenvalue weighted by molar-refractivity contribution is -0.112. The number of carbonyl (C=O) groups is 1. The molecule has 0 radical (unpaired) electrons. The molecule has 4 nitrogen and oxygen atoms in total. The van der Waals surface area contributed by atoms with E-state index in [1.807, 2.05) is 0 Å². The molecule has 0 saturated carbocycles. The Balaban J connectivity index is 2.03. The molecule has 0 fully saturated rings. The van der Waals surface area contributed by atoms with Gasteiger partial charge in [0.05, 0.1) is 23.5 Å². The van der Waals surface area contributed by atoms with Gasteiger partial charge in [-0.3, -0.25) is 4.79 Å². The van der Waals surface area contributed by atoms with E-state index in [9.17, 15) is 18.0 Å². The Morgan fingerprint density at radius 1 is 1.29 bits per heavy atom. The number of methoxy groups -OCH3 is 1. The highest BCUT2D eigenvalue weighted by Crippen LogP contribution is 2.30. The molecule has 164 valence electrons. The molecule has 1 aliphatic rings. The number of hydrogen-bond donors (Lipinski definition) is 1. The van der Waals surface area contributed by atoms with Crippen molar-refractivity contribution < 1.29 is 27.4 Å². The summed E-state index contributed by atoms with van der Waals surface area (Å²) in [5.74, 6) is 0.558. The molecule has 0 heterocycles. The second-order valence-corrected chi connectivity index (χ2v) is 6.71. The van der Waals surface area contributed by atoms with Gasteiger partial charge in [-0.25, -0.2) is 0 Å². The summed E-state index contributed by atoms with van der Waals surface area (Å²) in [6.07, 6.45) is 5.82. The zero-order chi connectivity index (χ0) is 23.0. The van der Waals surface area contributed by atoms with Gasteiger partial charge in [-0.05, 0) is 49.4 Å². The lowest BCUT2D eigenvalue weighted by Crippen LogP contribution is -2.13. The van der Waals surface area contributed by atoms with Gasteiger partial charge in [-0.2, -0.15) is 13.2 Å². The standard InChI is InChI=1S/C23H21ClF3NO3/c1-4-17(23(25,26)27)10-8-15(2)31-21-13-11-18(14-20(21)24)28-22(29)16-6-5-7-19(30-3)12-9-16/h4-11,13-14H,2,12H2,1,3H3,(H,28,29)/b10-8-,17-4+. The van der Waals surface area contributed by atoms with Gasteiger partial charge in [0, 0.05) is 17.7 Å². The summed E-state index contributed by atoms with van der Waals surface area (Å²) < 4.78 is 48.8. The molecular weight excluding hydrogens is 431 g/mol. The molecule has 0 bridgehead atoms. The Bertz CT molecular complexity index is 1000. The largest absolute Gasteiger partial charge is 0.501 e. The Morgan fingerprint density at radius 2 is 2.03 bits per heavy atom. The molecule has 0 spiro atoms. The van der Waals surface area contributed by atoms with Crippen LogP contribution in [0.2, 0.25) is 5.02 Å². The van der Waals surface area contributed by atoms with Crippen LogP contribution in [0.3, 0.4) is 0 Å². The first-order valence-corrected chi connectivity index (χ1v) is 9.52. The van der Waals surface area contributed by atoms with E-state index in [1.54, 1.807) is 37.5 Å². The molecule has 0 aromatic heterocycles. The molecule has 1 amide bonds. The predicted molar refractivity (Wildman–Crippen MR) is 116 cm³/mol. The molecule has 0 saturated heterocycles. The van der Waals surface area contributed by atoms with Crippen LogP contribution in [0.25, 0.3) is 0 Å². The number of nitrogens with one attached hydrogen (secondary N) is 1. The van der Waals surface area contributed by atoms with Gasteiger partial charge >= 0.3 is 6.18 Å². The van der Waals surface area contributed by atoms with Crippen molar-refractivity contribution in [1.82, 2.24) is 0 Å². The van der Waals surface area contributed by atoms with Crippen LogP contribution in [0.4, 0.5) is 18.9 Å². The zero-order valence-electron chi connectivity index (χ0n) is 16.9. The van der Waals surface area contributed by atoms with Crippen LogP contribution in [0.1, 0.15) is 13.3 Å². The third kappa shape index (κ3) is 7.22. The number of carbonyl (C=O) groups excluding carboxylic acids is 1. The topological polar surface area (TPSA) is 47.6 Å². The number of halogens is 4. The first-order valence-electron chi connectivity index (χ1n) is 9.14. The van der Waals surface area contributed by atoms with E-state index in [2.05, 4.69) is 11.9 Å². The van der Waals surface area contributed by atoms with E-state index >= 15 is 0 Å². The maximum atomic E-state index is 12.7. The Morgan fingerprint density at radius 3 is 2.65 bits per heavy atom. The second-order valence-electron chi connectivity index (χ2n) is 6.30. The van der Waals surface area contributed by atoms with Crippen LogP contribution in [-0.4, -0.2) is 19.2 Å². The first-order chi connectivity index (χ1) is 14.6. The first kappa shape index (κ1) is 24.1. The third-order valence-electron chi connectivity index (χ3n) is 4.12. The fraction of sp³-hybridized carbons (Fsp3) is 0.174. The highest BCUT2D eigenvalue weighted by Gasteiger charge is 2.30. The van der Waals surface area contributed by atoms with Crippen LogP contribution in [0, 0.1) is 0 Å². The van der Waals surface area contributed by atoms with Crippen molar-refractivity contribution in [3.63, 3.8) is 0 Å². The fourth-order valence-corrected chi connectivity index (χ4v) is 2.72. The van der Waals surface area contributed by atoms with Gasteiger partial charge in [-0.1, -0.05) is 36.4 Å². The summed E-state index contributed by atoms with van der Waals surface area (Å²) >= 11 is 6.18. The third-order valence-corrected chi connectivity index (χ3v) is 4.42. The molecule has 1 N–H and O–H groups in total. The van der Waals surface area contributed by atoms with Crippen LogP contribution in [-0.2, 0) is 9.53 Å². The molecular formula is C23H21ClF3NO3. The van der Waals surface area contributed by atoms with E-state index in [0.29, 0.717) is 17.7 Å². The fourth-order valence-electron chi connectivity index (χ4n) is 2.50. The lowest BCUT2D eigenvalue weighted by Gasteiger charge is -2.11. The quantitative estimate of drug-likeness (QED) is 0.373. The molecule has 1 aromatic carbocycles. The summed E-state index contributed by atoms with van der Waals surface area (Å²) in [5, 5.41) is 2.88. The minimum atomic E-state index is -4.47. The summed E-state index contributed by atoms with van der Waals surface area (Å²) in [7, 11) is 1.56. The van der Waals surface area contributed by atoms with Gasteiger partial charge < -0.3 is 14.8 Å². The molecule has 1 aromatic rings.